The fourth-order valence-electron chi connectivity index (χ4n) is 4.36. The topological polar surface area (TPSA) is 77.1 Å². The molecule has 30 heavy (non-hydrogen) atoms. The first-order chi connectivity index (χ1) is 14.5. The highest BCUT2D eigenvalue weighted by molar-refractivity contribution is 6.54. The smallest absolute Gasteiger partial charge is 0.293 e. The van der Waals surface area contributed by atoms with Crippen molar-refractivity contribution < 1.29 is 0 Å². The molecule has 0 aromatic heterocycles. The van der Waals surface area contributed by atoms with Crippen LogP contribution in [0.5, 0.6) is 0 Å². The minimum Gasteiger partial charge on any atom is -0.341 e. The molecule has 2 unspecified atom stereocenters. The van der Waals surface area contributed by atoms with Gasteiger partial charge in [-0.2, -0.15) is 5.26 Å². The number of nitrogens with one attached hydrogen (secondary N) is 2. The molecule has 4 N–H and O–H groups in total. The molecule has 2 aliphatic rings. The average Bonchev–Trinajstić information content (AvgIpc) is 2.71. The van der Waals surface area contributed by atoms with E-state index in [0.29, 0.717) is 29.7 Å². The van der Waals surface area contributed by atoms with Gasteiger partial charge in [-0.05, 0) is 73.1 Å². The second-order valence-corrected chi connectivity index (χ2v) is 8.78. The zero-order valence-corrected chi connectivity index (χ0v) is 18.2. The highest BCUT2D eigenvalue weighted by Gasteiger charge is 2.27. The summed E-state index contributed by atoms with van der Waals surface area (Å²) < 4.78 is 0. The zero-order valence-electron chi connectivity index (χ0n) is 16.7. The van der Waals surface area contributed by atoms with E-state index >= 15 is 0 Å². The normalized spacial score (nSPS) is 23.2. The van der Waals surface area contributed by atoms with Crippen LogP contribution in [0.4, 0.5) is 5.69 Å². The number of nitriles is 1. The number of hydrogen-bond donors (Lipinski definition) is 3. The van der Waals surface area contributed by atoms with Crippen molar-refractivity contribution in [1.29, 1.82) is 5.26 Å². The summed E-state index contributed by atoms with van der Waals surface area (Å²) in [6.07, 6.45) is 4.03. The fourth-order valence-corrected chi connectivity index (χ4v) is 4.68. The monoisotopic (exact) mass is 439 g/mol. The maximum atomic E-state index is 9.95. The van der Waals surface area contributed by atoms with E-state index in [1.165, 1.54) is 5.56 Å². The van der Waals surface area contributed by atoms with E-state index < -0.39 is 0 Å². The molecule has 0 radical (unpaired) electrons. The number of hydrogen-bond acceptors (Lipinski definition) is 5. The molecule has 1 fully saturated rings. The summed E-state index contributed by atoms with van der Waals surface area (Å²) in [5.74, 6) is 7.46. The summed E-state index contributed by atoms with van der Waals surface area (Å²) in [5, 5.41) is 18.3. The van der Waals surface area contributed by atoms with E-state index in [1.54, 1.807) is 4.92 Å². The van der Waals surface area contributed by atoms with Gasteiger partial charge >= 0.3 is 0 Å². The van der Waals surface area contributed by atoms with E-state index in [9.17, 15) is 5.26 Å². The minimum absolute atomic E-state index is 0.0245. The Balaban J connectivity index is 1.49. The predicted molar refractivity (Wildman–Crippen MR) is 125 cm³/mol. The first-order valence-electron chi connectivity index (χ1n) is 10.3. The Labute approximate surface area is 188 Å². The quantitative estimate of drug-likeness (QED) is 0.378. The van der Waals surface area contributed by atoms with Gasteiger partial charge in [0.15, 0.2) is 0 Å². The third kappa shape index (κ3) is 4.60. The van der Waals surface area contributed by atoms with Crippen LogP contribution in [0, 0.1) is 11.3 Å². The van der Waals surface area contributed by atoms with Gasteiger partial charge in [0.1, 0.15) is 11.9 Å². The largest absolute Gasteiger partial charge is 0.341 e. The molecule has 2 heterocycles. The Bertz CT molecular complexity index is 976. The summed E-state index contributed by atoms with van der Waals surface area (Å²) in [6.45, 7) is 0.840. The number of anilines is 1. The molecule has 4 rings (SSSR count). The van der Waals surface area contributed by atoms with E-state index in [2.05, 4.69) is 28.8 Å². The van der Waals surface area contributed by atoms with Gasteiger partial charge in [-0.1, -0.05) is 41.8 Å². The van der Waals surface area contributed by atoms with Gasteiger partial charge in [0.05, 0.1) is 5.57 Å². The Morgan fingerprint density at radius 1 is 1.10 bits per heavy atom. The zero-order chi connectivity index (χ0) is 21.1. The van der Waals surface area contributed by atoms with Crippen LogP contribution in [0.2, 0.25) is 10.0 Å². The van der Waals surface area contributed by atoms with Crippen LogP contribution in [0.25, 0.3) is 0 Å². The van der Waals surface area contributed by atoms with Crippen molar-refractivity contribution in [3.05, 3.63) is 69.5 Å². The number of benzene rings is 2. The lowest BCUT2D eigenvalue weighted by atomic mass is 9.78. The minimum atomic E-state index is -0.0245. The van der Waals surface area contributed by atoms with Crippen LogP contribution in [0.1, 0.15) is 37.2 Å². The van der Waals surface area contributed by atoms with Crippen LogP contribution in [0.15, 0.2) is 53.9 Å². The van der Waals surface area contributed by atoms with Crippen molar-refractivity contribution in [1.82, 2.24) is 10.2 Å². The van der Waals surface area contributed by atoms with Crippen molar-refractivity contribution in [2.75, 3.05) is 11.9 Å². The molecule has 0 aliphatic carbocycles. The second kappa shape index (κ2) is 9.32. The number of fused-ring (bicyclic) bond motifs is 1. The van der Waals surface area contributed by atoms with Gasteiger partial charge in [0, 0.05) is 21.8 Å². The van der Waals surface area contributed by atoms with Crippen molar-refractivity contribution in [2.24, 2.45) is 5.84 Å². The second-order valence-electron chi connectivity index (χ2n) is 7.90. The molecular weight excluding hydrogens is 416 g/mol. The lowest BCUT2D eigenvalue weighted by Crippen LogP contribution is -2.49. The standard InChI is InChI=1S/C22H24BCl2N5/c24-16-6-4-15(5-7-16)14-2-1-3-20(28-11-10-14)18(13-26)22-29-21-9-8-17(25)12-19(21)23-30(22)27/h4-9,12,14,20,23,28-29H,1-3,10-11,27H2/b22-18-. The van der Waals surface area contributed by atoms with E-state index in [0.717, 1.165) is 48.4 Å². The third-order valence-corrected chi connectivity index (χ3v) is 6.43. The van der Waals surface area contributed by atoms with Gasteiger partial charge in [-0.3, -0.25) is 5.84 Å². The molecule has 5 nitrogen and oxygen atoms in total. The first kappa shape index (κ1) is 21.1. The van der Waals surface area contributed by atoms with Gasteiger partial charge in [-0.25, -0.2) is 0 Å². The van der Waals surface area contributed by atoms with Crippen molar-refractivity contribution >= 4 is 41.8 Å². The molecule has 2 aliphatic heterocycles. The SMILES string of the molecule is N#C/C(=C1\Nc2ccc(Cl)cc2BN1N)C1CCCC(c2ccc(Cl)cc2)CCN1. The Hall–Kier alpha value is -2.17. The van der Waals surface area contributed by atoms with Crippen LogP contribution in [-0.4, -0.2) is 24.9 Å². The highest BCUT2D eigenvalue weighted by atomic mass is 35.5. The summed E-state index contributed by atoms with van der Waals surface area (Å²) in [7, 11) is 0.509. The Morgan fingerprint density at radius 3 is 2.63 bits per heavy atom. The van der Waals surface area contributed by atoms with E-state index in [4.69, 9.17) is 29.0 Å². The maximum absolute atomic E-state index is 9.95. The Morgan fingerprint density at radius 2 is 1.87 bits per heavy atom. The molecule has 2 aromatic carbocycles. The van der Waals surface area contributed by atoms with E-state index in [-0.39, 0.29) is 6.04 Å². The highest BCUT2D eigenvalue weighted by Crippen LogP contribution is 2.30. The van der Waals surface area contributed by atoms with Crippen molar-refractivity contribution in [3.63, 3.8) is 0 Å². The molecule has 0 spiro atoms. The summed E-state index contributed by atoms with van der Waals surface area (Å²) in [4.78, 5) is 1.61. The van der Waals surface area contributed by atoms with Gasteiger partial charge in [0.2, 0.25) is 0 Å². The van der Waals surface area contributed by atoms with Gasteiger partial charge in [0.25, 0.3) is 7.41 Å². The lowest BCUT2D eigenvalue weighted by Gasteiger charge is -2.33. The number of nitrogens with two attached hydrogens (primary N) is 1. The fraction of sp³-hybridized carbons (Fsp3) is 0.318. The summed E-state index contributed by atoms with van der Waals surface area (Å²) in [6, 6.07) is 16.2. The lowest BCUT2D eigenvalue weighted by molar-refractivity contribution is 0.417. The molecule has 0 saturated carbocycles. The molecule has 0 bridgehead atoms. The molecule has 2 aromatic rings. The molecule has 2 atom stereocenters. The van der Waals surface area contributed by atoms with Crippen LogP contribution in [0.3, 0.4) is 0 Å². The molecule has 8 heteroatoms. The van der Waals surface area contributed by atoms with Crippen LogP contribution < -0.4 is 21.9 Å². The number of nitrogens with zero attached hydrogens (tertiary/aromatic N) is 2. The number of hydrazine groups is 1. The van der Waals surface area contributed by atoms with Gasteiger partial charge in [-0.15, -0.1) is 0 Å². The van der Waals surface area contributed by atoms with Crippen LogP contribution >= 0.6 is 23.2 Å². The van der Waals surface area contributed by atoms with Crippen molar-refractivity contribution in [3.8, 4) is 6.07 Å². The number of halogens is 2. The molecule has 1 saturated heterocycles. The number of rotatable bonds is 2. The van der Waals surface area contributed by atoms with Gasteiger partial charge < -0.3 is 15.6 Å². The average molecular weight is 440 g/mol. The molecular formula is C22H24BCl2N5. The predicted octanol–water partition coefficient (Wildman–Crippen LogP) is 3.62. The first-order valence-corrected chi connectivity index (χ1v) is 11.0. The van der Waals surface area contributed by atoms with Crippen LogP contribution in [-0.2, 0) is 0 Å². The molecule has 0 amide bonds. The summed E-state index contributed by atoms with van der Waals surface area (Å²) >= 11 is 12.1. The van der Waals surface area contributed by atoms with Crippen molar-refractivity contribution in [2.45, 2.75) is 37.6 Å². The third-order valence-electron chi connectivity index (χ3n) is 5.94. The summed E-state index contributed by atoms with van der Waals surface area (Å²) in [5.41, 5.74) is 3.94. The van der Waals surface area contributed by atoms with E-state index in [1.807, 2.05) is 30.3 Å². The maximum Gasteiger partial charge on any atom is 0.293 e. The molecule has 154 valence electrons. The Kier molecular flexibility index (Phi) is 6.55.